The van der Waals surface area contributed by atoms with E-state index in [2.05, 4.69) is 5.32 Å². The van der Waals surface area contributed by atoms with E-state index in [1.807, 2.05) is 77.1 Å². The summed E-state index contributed by atoms with van der Waals surface area (Å²) in [7, 11) is -4.18. The smallest absolute Gasteiger partial charge is 0.264 e. The Morgan fingerprint density at radius 3 is 2.15 bits per heavy atom. The van der Waals surface area contributed by atoms with Crippen LogP contribution >= 0.6 is 11.6 Å². The number of carbonyl (C=O) groups is 2. The minimum Gasteiger partial charge on any atom is -0.352 e. The quantitative estimate of drug-likeness (QED) is 0.167. The lowest BCUT2D eigenvalue weighted by molar-refractivity contribution is -0.140. The maximum atomic E-state index is 14.6. The number of nitrogens with zero attached hydrogens (tertiary/aromatic N) is 2. The maximum absolute atomic E-state index is 14.6. The molecule has 4 aromatic carbocycles. The Morgan fingerprint density at radius 2 is 1.50 bits per heavy atom. The summed E-state index contributed by atoms with van der Waals surface area (Å²) in [5.74, 6) is -0.829. The van der Waals surface area contributed by atoms with E-state index >= 15 is 0 Å². The van der Waals surface area contributed by atoms with Crippen molar-refractivity contribution in [2.45, 2.75) is 71.0 Å². The molecule has 7 nitrogen and oxygen atoms in total. The monoisotopic (exact) mass is 659 g/mol. The third-order valence-corrected chi connectivity index (χ3v) is 10.3. The summed E-state index contributed by atoms with van der Waals surface area (Å²) in [6.45, 7) is 9.06. The van der Waals surface area contributed by atoms with Crippen molar-refractivity contribution in [2.75, 3.05) is 10.8 Å². The van der Waals surface area contributed by atoms with E-state index in [1.54, 1.807) is 54.6 Å². The predicted octanol–water partition coefficient (Wildman–Crippen LogP) is 7.02. The molecule has 0 heterocycles. The summed E-state index contributed by atoms with van der Waals surface area (Å²) in [5.41, 5.74) is 4.53. The summed E-state index contributed by atoms with van der Waals surface area (Å²) in [6, 6.07) is 27.5. The molecule has 0 aromatic heterocycles. The van der Waals surface area contributed by atoms with Gasteiger partial charge in [-0.25, -0.2) is 8.42 Å². The van der Waals surface area contributed by atoms with Crippen molar-refractivity contribution in [3.05, 3.63) is 130 Å². The SMILES string of the molecule is CCC(C)NC(=O)C(Cc1ccccc1)N(Cc1cccc(Cl)c1)C(=O)CN(c1cccc(C)c1C)S(=O)(=O)c1ccc(C)cc1. The zero-order valence-corrected chi connectivity index (χ0v) is 28.6. The van der Waals surface area contributed by atoms with Gasteiger partial charge in [0.15, 0.2) is 0 Å². The molecule has 0 radical (unpaired) electrons. The predicted molar refractivity (Wildman–Crippen MR) is 185 cm³/mol. The molecule has 1 N–H and O–H groups in total. The number of amides is 2. The zero-order valence-electron chi connectivity index (χ0n) is 27.0. The summed E-state index contributed by atoms with van der Waals surface area (Å²) in [5, 5.41) is 3.55. The molecule has 0 saturated carbocycles. The molecular weight excluding hydrogens is 618 g/mol. The first-order valence-corrected chi connectivity index (χ1v) is 17.3. The van der Waals surface area contributed by atoms with Gasteiger partial charge in [0.05, 0.1) is 10.6 Å². The first-order valence-electron chi connectivity index (χ1n) is 15.4. The van der Waals surface area contributed by atoms with Gasteiger partial charge in [-0.2, -0.15) is 0 Å². The maximum Gasteiger partial charge on any atom is 0.264 e. The van der Waals surface area contributed by atoms with Gasteiger partial charge in [-0.15, -0.1) is 0 Å². The number of halogens is 1. The van der Waals surface area contributed by atoms with E-state index in [9.17, 15) is 18.0 Å². The summed E-state index contributed by atoms with van der Waals surface area (Å²) >= 11 is 6.33. The number of benzene rings is 4. The Balaban J connectivity index is 1.84. The van der Waals surface area contributed by atoms with Crippen molar-refractivity contribution in [1.29, 1.82) is 0 Å². The summed E-state index contributed by atoms with van der Waals surface area (Å²) < 4.78 is 29.8. The number of aryl methyl sites for hydroxylation is 2. The van der Waals surface area contributed by atoms with Crippen LogP contribution in [0.2, 0.25) is 5.02 Å². The average Bonchev–Trinajstić information content (AvgIpc) is 3.03. The molecule has 0 fully saturated rings. The van der Waals surface area contributed by atoms with Crippen LogP contribution in [0.3, 0.4) is 0 Å². The molecule has 0 aliphatic heterocycles. The van der Waals surface area contributed by atoms with E-state index < -0.39 is 28.5 Å². The number of carbonyl (C=O) groups excluding carboxylic acids is 2. The second-order valence-corrected chi connectivity index (χ2v) is 14.0. The minimum absolute atomic E-state index is 0.0516. The molecule has 0 saturated heterocycles. The highest BCUT2D eigenvalue weighted by molar-refractivity contribution is 7.92. The molecule has 2 amide bonds. The average molecular weight is 660 g/mol. The molecule has 0 bridgehead atoms. The molecule has 0 spiro atoms. The number of hydrogen-bond acceptors (Lipinski definition) is 4. The van der Waals surface area contributed by atoms with Crippen LogP contribution < -0.4 is 9.62 Å². The molecule has 242 valence electrons. The number of anilines is 1. The standard InChI is InChI=1S/C37H42ClN3O4S/c1-6-28(4)39-37(43)35(23-30-13-8-7-9-14-30)40(24-31-15-11-16-32(38)22-31)36(42)25-41(34-17-10-12-27(3)29(34)5)46(44,45)33-20-18-26(2)19-21-33/h7-22,28,35H,6,23-25H2,1-5H3,(H,39,43). The second kappa shape index (κ2) is 15.4. The van der Waals surface area contributed by atoms with Crippen molar-refractivity contribution in [2.24, 2.45) is 0 Å². The first kappa shape index (κ1) is 34.7. The zero-order chi connectivity index (χ0) is 33.4. The van der Waals surface area contributed by atoms with E-state index in [0.29, 0.717) is 17.1 Å². The lowest BCUT2D eigenvalue weighted by atomic mass is 10.0. The summed E-state index contributed by atoms with van der Waals surface area (Å²) in [4.78, 5) is 30.2. The Labute approximate surface area is 278 Å². The van der Waals surface area contributed by atoms with Gasteiger partial charge in [0.25, 0.3) is 10.0 Å². The Morgan fingerprint density at radius 1 is 0.848 bits per heavy atom. The van der Waals surface area contributed by atoms with Crippen LogP contribution in [0.1, 0.15) is 48.1 Å². The van der Waals surface area contributed by atoms with Crippen LogP contribution in [0, 0.1) is 20.8 Å². The molecule has 9 heteroatoms. The van der Waals surface area contributed by atoms with Gasteiger partial charge in [-0.1, -0.05) is 90.8 Å². The lowest BCUT2D eigenvalue weighted by Gasteiger charge is -2.34. The highest BCUT2D eigenvalue weighted by atomic mass is 35.5. The molecule has 46 heavy (non-hydrogen) atoms. The molecule has 0 aliphatic rings. The molecule has 2 atom stereocenters. The van der Waals surface area contributed by atoms with Crippen molar-refractivity contribution >= 4 is 39.1 Å². The minimum atomic E-state index is -4.18. The highest BCUT2D eigenvalue weighted by Crippen LogP contribution is 2.29. The van der Waals surface area contributed by atoms with Crippen molar-refractivity contribution in [1.82, 2.24) is 10.2 Å². The van der Waals surface area contributed by atoms with Crippen molar-refractivity contribution < 1.29 is 18.0 Å². The van der Waals surface area contributed by atoms with Gasteiger partial charge in [-0.05, 0) is 86.7 Å². The molecular formula is C37H42ClN3O4S. The van der Waals surface area contributed by atoms with Gasteiger partial charge < -0.3 is 10.2 Å². The van der Waals surface area contributed by atoms with Gasteiger partial charge in [0.2, 0.25) is 11.8 Å². The third kappa shape index (κ3) is 8.56. The van der Waals surface area contributed by atoms with Gasteiger partial charge >= 0.3 is 0 Å². The van der Waals surface area contributed by atoms with Crippen LogP contribution in [0.5, 0.6) is 0 Å². The van der Waals surface area contributed by atoms with E-state index in [4.69, 9.17) is 11.6 Å². The fraction of sp³-hybridized carbons (Fsp3) is 0.297. The lowest BCUT2D eigenvalue weighted by Crippen LogP contribution is -2.54. The largest absolute Gasteiger partial charge is 0.352 e. The number of rotatable bonds is 13. The van der Waals surface area contributed by atoms with Crippen LogP contribution in [-0.2, 0) is 32.6 Å². The third-order valence-electron chi connectivity index (χ3n) is 8.25. The second-order valence-electron chi connectivity index (χ2n) is 11.7. The van der Waals surface area contributed by atoms with Gasteiger partial charge in [0.1, 0.15) is 12.6 Å². The van der Waals surface area contributed by atoms with Crippen LogP contribution in [0.15, 0.2) is 102 Å². The van der Waals surface area contributed by atoms with Crippen LogP contribution in [-0.4, -0.2) is 43.8 Å². The van der Waals surface area contributed by atoms with Crippen molar-refractivity contribution in [3.8, 4) is 0 Å². The fourth-order valence-corrected chi connectivity index (χ4v) is 6.87. The van der Waals surface area contributed by atoms with E-state index in [1.165, 1.54) is 9.21 Å². The van der Waals surface area contributed by atoms with Crippen LogP contribution in [0.4, 0.5) is 5.69 Å². The molecule has 4 rings (SSSR count). The molecule has 4 aromatic rings. The van der Waals surface area contributed by atoms with Crippen LogP contribution in [0.25, 0.3) is 0 Å². The fourth-order valence-electron chi connectivity index (χ4n) is 5.18. The summed E-state index contributed by atoms with van der Waals surface area (Å²) in [6.07, 6.45) is 0.949. The van der Waals surface area contributed by atoms with Gasteiger partial charge in [0, 0.05) is 24.0 Å². The Kier molecular flexibility index (Phi) is 11.7. The number of hydrogen-bond donors (Lipinski definition) is 1. The number of sulfonamides is 1. The Bertz CT molecular complexity index is 1760. The van der Waals surface area contributed by atoms with E-state index in [0.717, 1.165) is 27.8 Å². The normalized spacial score (nSPS) is 12.7. The molecule has 2 unspecified atom stereocenters. The first-order chi connectivity index (χ1) is 21.9. The number of nitrogens with one attached hydrogen (secondary N) is 1. The Hall–Kier alpha value is -4.14. The van der Waals surface area contributed by atoms with E-state index in [-0.39, 0.29) is 29.8 Å². The van der Waals surface area contributed by atoms with Crippen molar-refractivity contribution in [3.63, 3.8) is 0 Å². The van der Waals surface area contributed by atoms with Gasteiger partial charge in [-0.3, -0.25) is 13.9 Å². The highest BCUT2D eigenvalue weighted by Gasteiger charge is 2.35. The topological polar surface area (TPSA) is 86.8 Å². The molecule has 0 aliphatic carbocycles.